The molecule has 148 valence electrons. The van der Waals surface area contributed by atoms with E-state index in [4.69, 9.17) is 0 Å². The van der Waals surface area contributed by atoms with Gasteiger partial charge in [-0.3, -0.25) is 9.59 Å². The predicted molar refractivity (Wildman–Crippen MR) is 106 cm³/mol. The summed E-state index contributed by atoms with van der Waals surface area (Å²) in [6.45, 7) is 6.87. The maximum absolute atomic E-state index is 14.6. The number of rotatable bonds is 8. The van der Waals surface area contributed by atoms with E-state index >= 15 is 0 Å². The molecule has 2 N–H and O–H groups in total. The van der Waals surface area contributed by atoms with Gasteiger partial charge in [0.2, 0.25) is 5.78 Å². The van der Waals surface area contributed by atoms with Gasteiger partial charge in [-0.25, -0.2) is 4.39 Å². The number of hydrogen-bond donors (Lipinski definition) is 2. The molecule has 2 aromatic rings. The summed E-state index contributed by atoms with van der Waals surface area (Å²) >= 11 is 1.23. The highest BCUT2D eigenvalue weighted by Crippen LogP contribution is 2.40. The fourth-order valence-electron chi connectivity index (χ4n) is 3.56. The SMILES string of the molecule is CC[NH+](CC)CCN1C(=O)C(O)=C(C(=O)c2cccs2)[C@H]1c1ccccc1F. The summed E-state index contributed by atoms with van der Waals surface area (Å²) in [5, 5.41) is 12.3. The number of ketones is 1. The standard InChI is InChI=1S/C21H23FN2O3S/c1-3-23(4-2)11-12-24-18(14-8-5-6-9-15(14)22)17(20(26)21(24)27)19(25)16-10-7-13-28-16/h5-10,13,18,26H,3-4,11-12H2,1-2H3/p+1/t18-/m1/s1. The lowest BCUT2D eigenvalue weighted by Crippen LogP contribution is -3.12. The number of Topliss-reactive ketones (excluding diaryl/α,β-unsaturated/α-hetero) is 1. The van der Waals surface area contributed by atoms with Gasteiger partial charge in [0.15, 0.2) is 5.76 Å². The van der Waals surface area contributed by atoms with E-state index in [0.29, 0.717) is 18.0 Å². The Labute approximate surface area is 167 Å². The highest BCUT2D eigenvalue weighted by Gasteiger charge is 2.45. The van der Waals surface area contributed by atoms with Gasteiger partial charge in [0.1, 0.15) is 5.82 Å². The van der Waals surface area contributed by atoms with E-state index in [9.17, 15) is 19.1 Å². The van der Waals surface area contributed by atoms with E-state index in [2.05, 4.69) is 13.8 Å². The van der Waals surface area contributed by atoms with Crippen LogP contribution in [0.4, 0.5) is 4.39 Å². The molecule has 2 heterocycles. The maximum atomic E-state index is 14.6. The maximum Gasteiger partial charge on any atom is 0.290 e. The third-order valence-corrected chi connectivity index (χ3v) is 6.07. The van der Waals surface area contributed by atoms with Gasteiger partial charge in [0.05, 0.1) is 42.7 Å². The molecule has 0 aliphatic carbocycles. The summed E-state index contributed by atoms with van der Waals surface area (Å²) in [6.07, 6.45) is 0. The first kappa shape index (κ1) is 20.2. The Morgan fingerprint density at radius 3 is 2.54 bits per heavy atom. The molecule has 0 bridgehead atoms. The number of aliphatic hydroxyl groups excluding tert-OH is 1. The average molecular weight is 403 g/mol. The second-order valence-corrected chi connectivity index (χ2v) is 7.65. The number of amides is 1. The first-order chi connectivity index (χ1) is 13.5. The van der Waals surface area contributed by atoms with E-state index in [1.807, 2.05) is 0 Å². The van der Waals surface area contributed by atoms with Crippen LogP contribution in [0.1, 0.15) is 35.1 Å². The zero-order chi connectivity index (χ0) is 20.3. The molecule has 0 unspecified atom stereocenters. The Balaban J connectivity index is 2.03. The van der Waals surface area contributed by atoms with Crippen LogP contribution in [0.15, 0.2) is 53.1 Å². The van der Waals surface area contributed by atoms with Crippen LogP contribution in [0.2, 0.25) is 0 Å². The second-order valence-electron chi connectivity index (χ2n) is 6.70. The molecule has 1 aliphatic rings. The largest absolute Gasteiger partial charge is 0.503 e. The van der Waals surface area contributed by atoms with Crippen LogP contribution < -0.4 is 4.90 Å². The first-order valence-corrected chi connectivity index (χ1v) is 10.3. The third-order valence-electron chi connectivity index (χ3n) is 5.20. The van der Waals surface area contributed by atoms with Crippen LogP contribution in [-0.4, -0.2) is 47.9 Å². The number of nitrogens with one attached hydrogen (secondary N) is 1. The summed E-state index contributed by atoms with van der Waals surface area (Å²) in [4.78, 5) is 29.0. The van der Waals surface area contributed by atoms with E-state index in [1.165, 1.54) is 27.2 Å². The van der Waals surface area contributed by atoms with Crippen LogP contribution >= 0.6 is 11.3 Å². The minimum atomic E-state index is -0.932. The van der Waals surface area contributed by atoms with E-state index < -0.39 is 29.3 Å². The first-order valence-electron chi connectivity index (χ1n) is 9.39. The highest BCUT2D eigenvalue weighted by molar-refractivity contribution is 7.12. The van der Waals surface area contributed by atoms with Crippen molar-refractivity contribution >= 4 is 23.0 Å². The summed E-state index contributed by atoms with van der Waals surface area (Å²) in [5.41, 5.74) is 0.168. The van der Waals surface area contributed by atoms with Crippen LogP contribution in [0.5, 0.6) is 0 Å². The second kappa shape index (κ2) is 8.67. The molecule has 0 fully saturated rings. The molecule has 1 atom stereocenters. The zero-order valence-electron chi connectivity index (χ0n) is 15.9. The average Bonchev–Trinajstić information content (AvgIpc) is 3.31. The van der Waals surface area contributed by atoms with Gasteiger partial charge < -0.3 is 14.9 Å². The molecular formula is C21H24FN2O3S+. The van der Waals surface area contributed by atoms with Crippen molar-refractivity contribution in [3.05, 3.63) is 69.4 Å². The van der Waals surface area contributed by atoms with Gasteiger partial charge in [-0.05, 0) is 31.4 Å². The van der Waals surface area contributed by atoms with E-state index in [0.717, 1.165) is 13.1 Å². The Morgan fingerprint density at radius 2 is 1.93 bits per heavy atom. The van der Waals surface area contributed by atoms with Crippen LogP contribution in [0.3, 0.4) is 0 Å². The fraction of sp³-hybridized carbons (Fsp3) is 0.333. The molecule has 0 saturated carbocycles. The molecule has 3 rings (SSSR count). The molecule has 28 heavy (non-hydrogen) atoms. The number of benzene rings is 1. The lowest BCUT2D eigenvalue weighted by Gasteiger charge is -2.28. The lowest BCUT2D eigenvalue weighted by molar-refractivity contribution is -0.895. The van der Waals surface area contributed by atoms with Gasteiger partial charge in [0, 0.05) is 5.56 Å². The van der Waals surface area contributed by atoms with E-state index in [-0.39, 0.29) is 11.1 Å². The molecule has 1 aromatic carbocycles. The number of carbonyl (C=O) groups is 2. The minimum Gasteiger partial charge on any atom is -0.503 e. The van der Waals surface area contributed by atoms with Crippen molar-refractivity contribution in [2.45, 2.75) is 19.9 Å². The minimum absolute atomic E-state index is 0.0490. The molecule has 7 heteroatoms. The van der Waals surface area contributed by atoms with Gasteiger partial charge in [-0.1, -0.05) is 24.3 Å². The highest BCUT2D eigenvalue weighted by atomic mass is 32.1. The topological polar surface area (TPSA) is 62.1 Å². The van der Waals surface area contributed by atoms with Gasteiger partial charge in [0.25, 0.3) is 5.91 Å². The summed E-state index contributed by atoms with van der Waals surface area (Å²) in [6, 6.07) is 8.52. The number of quaternary nitrogens is 1. The number of thiophene rings is 1. The van der Waals surface area contributed by atoms with Crippen molar-refractivity contribution < 1.29 is 24.0 Å². The summed E-state index contributed by atoms with van der Waals surface area (Å²) < 4.78 is 14.6. The number of aliphatic hydroxyl groups is 1. The van der Waals surface area contributed by atoms with Crippen molar-refractivity contribution in [3.63, 3.8) is 0 Å². The van der Waals surface area contributed by atoms with Crippen molar-refractivity contribution in [3.8, 4) is 0 Å². The van der Waals surface area contributed by atoms with Gasteiger partial charge in [-0.2, -0.15) is 0 Å². The number of halogens is 1. The number of hydrogen-bond acceptors (Lipinski definition) is 4. The number of nitrogens with zero attached hydrogens (tertiary/aromatic N) is 1. The molecule has 1 aromatic heterocycles. The molecule has 5 nitrogen and oxygen atoms in total. The molecule has 0 radical (unpaired) electrons. The van der Waals surface area contributed by atoms with Crippen molar-refractivity contribution in [1.82, 2.24) is 4.90 Å². The normalized spacial score (nSPS) is 17.1. The van der Waals surface area contributed by atoms with Crippen LogP contribution in [-0.2, 0) is 4.79 Å². The Hall–Kier alpha value is -2.51. The summed E-state index contributed by atoms with van der Waals surface area (Å²) in [7, 11) is 0. The monoisotopic (exact) mass is 403 g/mol. The van der Waals surface area contributed by atoms with Crippen molar-refractivity contribution in [2.24, 2.45) is 0 Å². The van der Waals surface area contributed by atoms with Crippen molar-refractivity contribution in [2.75, 3.05) is 26.2 Å². The molecule has 0 spiro atoms. The fourth-order valence-corrected chi connectivity index (χ4v) is 4.24. The third kappa shape index (κ3) is 3.72. The number of carbonyl (C=O) groups excluding carboxylic acids is 2. The lowest BCUT2D eigenvalue weighted by atomic mass is 9.95. The molecule has 1 amide bonds. The quantitative estimate of drug-likeness (QED) is 0.666. The van der Waals surface area contributed by atoms with Gasteiger partial charge >= 0.3 is 0 Å². The Morgan fingerprint density at radius 1 is 1.21 bits per heavy atom. The Kier molecular flexibility index (Phi) is 6.26. The Bertz CT molecular complexity index is 891. The molecular weight excluding hydrogens is 379 g/mol. The zero-order valence-corrected chi connectivity index (χ0v) is 16.8. The molecule has 0 saturated heterocycles. The predicted octanol–water partition coefficient (Wildman–Crippen LogP) is 2.39. The van der Waals surface area contributed by atoms with Crippen LogP contribution in [0, 0.1) is 5.82 Å². The number of likely N-dealkylation sites (N-methyl/N-ethyl adjacent to an activating group) is 1. The summed E-state index contributed by atoms with van der Waals surface area (Å²) in [5.74, 6) is -2.15. The van der Waals surface area contributed by atoms with E-state index in [1.54, 1.807) is 35.7 Å². The molecule has 1 aliphatic heterocycles. The smallest absolute Gasteiger partial charge is 0.290 e. The van der Waals surface area contributed by atoms with Crippen LogP contribution in [0.25, 0.3) is 0 Å². The van der Waals surface area contributed by atoms with Crippen molar-refractivity contribution in [1.29, 1.82) is 0 Å². The van der Waals surface area contributed by atoms with Gasteiger partial charge in [-0.15, -0.1) is 11.3 Å².